The predicted molar refractivity (Wildman–Crippen MR) is 66.6 cm³/mol. The summed E-state index contributed by atoms with van der Waals surface area (Å²) in [6, 6.07) is 3.84. The molecular weight excluding hydrogens is 359 g/mol. The first kappa shape index (κ1) is 10.4. The van der Waals surface area contributed by atoms with Crippen molar-refractivity contribution < 1.29 is 4.79 Å². The molecule has 14 heavy (non-hydrogen) atoms. The monoisotopic (exact) mass is 366 g/mol. The SMILES string of the molecule is O=C1CC(Br)CN1c1ccc(I)nc1. The van der Waals surface area contributed by atoms with Gasteiger partial charge >= 0.3 is 0 Å². The minimum absolute atomic E-state index is 0.162. The summed E-state index contributed by atoms with van der Waals surface area (Å²) in [7, 11) is 0. The highest BCUT2D eigenvalue weighted by Gasteiger charge is 2.28. The average molecular weight is 367 g/mol. The molecule has 1 unspecified atom stereocenters. The van der Waals surface area contributed by atoms with Crippen molar-refractivity contribution in [3.05, 3.63) is 22.0 Å². The van der Waals surface area contributed by atoms with Crippen LogP contribution < -0.4 is 4.90 Å². The number of halogens is 2. The zero-order valence-electron chi connectivity index (χ0n) is 7.28. The van der Waals surface area contributed by atoms with E-state index in [9.17, 15) is 4.79 Å². The van der Waals surface area contributed by atoms with E-state index in [0.29, 0.717) is 6.42 Å². The molecule has 0 aromatic carbocycles. The minimum atomic E-state index is 0.162. The topological polar surface area (TPSA) is 33.2 Å². The summed E-state index contributed by atoms with van der Waals surface area (Å²) in [6.07, 6.45) is 2.32. The van der Waals surface area contributed by atoms with Crippen LogP contribution in [0.25, 0.3) is 0 Å². The molecule has 1 aromatic heterocycles. The lowest BCUT2D eigenvalue weighted by molar-refractivity contribution is -0.117. The maximum atomic E-state index is 11.5. The van der Waals surface area contributed by atoms with Crippen LogP contribution >= 0.6 is 38.5 Å². The highest BCUT2D eigenvalue weighted by Crippen LogP contribution is 2.24. The third-order valence-electron chi connectivity index (χ3n) is 2.10. The van der Waals surface area contributed by atoms with Gasteiger partial charge in [0, 0.05) is 17.8 Å². The summed E-state index contributed by atoms with van der Waals surface area (Å²) < 4.78 is 0.938. The standard InChI is InChI=1S/C9H8BrIN2O/c10-6-3-9(14)13(5-6)7-1-2-8(11)12-4-7/h1-2,4,6H,3,5H2. The van der Waals surface area contributed by atoms with E-state index in [2.05, 4.69) is 43.5 Å². The molecule has 1 atom stereocenters. The molecule has 0 saturated carbocycles. The first-order valence-electron chi connectivity index (χ1n) is 4.23. The van der Waals surface area contributed by atoms with E-state index in [-0.39, 0.29) is 10.7 Å². The normalized spacial score (nSPS) is 21.7. The van der Waals surface area contributed by atoms with Gasteiger partial charge in [0.05, 0.1) is 11.9 Å². The van der Waals surface area contributed by atoms with E-state index in [0.717, 1.165) is 15.9 Å². The number of aromatic nitrogens is 1. The fourth-order valence-corrected chi connectivity index (χ4v) is 2.33. The highest BCUT2D eigenvalue weighted by molar-refractivity contribution is 14.1. The van der Waals surface area contributed by atoms with Gasteiger partial charge in [-0.05, 0) is 34.7 Å². The Labute approximate surface area is 104 Å². The molecule has 5 heteroatoms. The van der Waals surface area contributed by atoms with Gasteiger partial charge in [-0.3, -0.25) is 4.79 Å². The summed E-state index contributed by atoms with van der Waals surface area (Å²) in [5, 5.41) is 0. The number of amides is 1. The van der Waals surface area contributed by atoms with Gasteiger partial charge < -0.3 is 4.90 Å². The Hall–Kier alpha value is -0.170. The molecule has 0 N–H and O–H groups in total. The second kappa shape index (κ2) is 4.14. The average Bonchev–Trinajstić information content (AvgIpc) is 2.47. The van der Waals surface area contributed by atoms with E-state index < -0.39 is 0 Å². The molecule has 1 aliphatic rings. The lowest BCUT2D eigenvalue weighted by Gasteiger charge is -2.14. The molecule has 74 valence electrons. The van der Waals surface area contributed by atoms with Crippen LogP contribution in [-0.4, -0.2) is 22.3 Å². The molecule has 0 spiro atoms. The molecule has 1 saturated heterocycles. The van der Waals surface area contributed by atoms with Gasteiger partial charge in [0.25, 0.3) is 0 Å². The Morgan fingerprint density at radius 2 is 2.36 bits per heavy atom. The maximum absolute atomic E-state index is 11.5. The van der Waals surface area contributed by atoms with Crippen molar-refractivity contribution in [1.82, 2.24) is 4.98 Å². The molecule has 1 aliphatic heterocycles. The molecule has 0 bridgehead atoms. The van der Waals surface area contributed by atoms with Crippen LogP contribution in [-0.2, 0) is 4.79 Å². The minimum Gasteiger partial charge on any atom is -0.310 e. The van der Waals surface area contributed by atoms with Crippen molar-refractivity contribution in [3.63, 3.8) is 0 Å². The van der Waals surface area contributed by atoms with Crippen LogP contribution in [0.4, 0.5) is 5.69 Å². The molecule has 0 aliphatic carbocycles. The summed E-state index contributed by atoms with van der Waals surface area (Å²) in [5.41, 5.74) is 0.886. The van der Waals surface area contributed by atoms with Crippen LogP contribution in [0.1, 0.15) is 6.42 Å². The fourth-order valence-electron chi connectivity index (χ4n) is 1.44. The molecular formula is C9H8BrIN2O. The van der Waals surface area contributed by atoms with Crippen molar-refractivity contribution in [2.75, 3.05) is 11.4 Å². The van der Waals surface area contributed by atoms with Crippen molar-refractivity contribution in [1.29, 1.82) is 0 Å². The van der Waals surface area contributed by atoms with Crippen LogP contribution in [0, 0.1) is 3.70 Å². The fraction of sp³-hybridized carbons (Fsp3) is 0.333. The molecule has 3 nitrogen and oxygen atoms in total. The quantitative estimate of drug-likeness (QED) is 0.433. The van der Waals surface area contributed by atoms with Gasteiger partial charge in [-0.15, -0.1) is 0 Å². The lowest BCUT2D eigenvalue weighted by atomic mass is 10.4. The van der Waals surface area contributed by atoms with Gasteiger partial charge in [-0.1, -0.05) is 15.9 Å². The summed E-state index contributed by atoms with van der Waals surface area (Å²) in [6.45, 7) is 0.737. The first-order valence-corrected chi connectivity index (χ1v) is 6.22. The van der Waals surface area contributed by atoms with Gasteiger partial charge in [0.15, 0.2) is 0 Å². The largest absolute Gasteiger partial charge is 0.310 e. The third kappa shape index (κ3) is 2.08. The Balaban J connectivity index is 2.23. The van der Waals surface area contributed by atoms with Crippen molar-refractivity contribution in [2.45, 2.75) is 11.2 Å². The predicted octanol–water partition coefficient (Wildman–Crippen LogP) is 2.19. The Kier molecular flexibility index (Phi) is 3.06. The molecule has 1 aromatic rings. The molecule has 2 rings (SSSR count). The van der Waals surface area contributed by atoms with Crippen LogP contribution in [0.2, 0.25) is 0 Å². The number of anilines is 1. The highest BCUT2D eigenvalue weighted by atomic mass is 127. The second-order valence-corrected chi connectivity index (χ2v) is 5.55. The van der Waals surface area contributed by atoms with Gasteiger partial charge in [-0.2, -0.15) is 0 Å². The maximum Gasteiger partial charge on any atom is 0.228 e. The Morgan fingerprint density at radius 1 is 1.57 bits per heavy atom. The van der Waals surface area contributed by atoms with Crippen LogP contribution in [0.3, 0.4) is 0 Å². The number of carbonyl (C=O) groups excluding carboxylic acids is 1. The first-order chi connectivity index (χ1) is 6.66. The van der Waals surface area contributed by atoms with Crippen LogP contribution in [0.15, 0.2) is 18.3 Å². The molecule has 0 radical (unpaired) electrons. The van der Waals surface area contributed by atoms with Crippen molar-refractivity contribution >= 4 is 50.1 Å². The number of carbonyl (C=O) groups is 1. The third-order valence-corrected chi connectivity index (χ3v) is 3.35. The van der Waals surface area contributed by atoms with Gasteiger partial charge in [0.1, 0.15) is 3.70 Å². The van der Waals surface area contributed by atoms with E-state index in [4.69, 9.17) is 0 Å². The summed E-state index contributed by atoms with van der Waals surface area (Å²) >= 11 is 5.59. The summed E-state index contributed by atoms with van der Waals surface area (Å²) in [4.78, 5) is 17.7. The van der Waals surface area contributed by atoms with Crippen LogP contribution in [0.5, 0.6) is 0 Å². The zero-order valence-corrected chi connectivity index (χ0v) is 11.0. The van der Waals surface area contributed by atoms with E-state index in [1.165, 1.54) is 0 Å². The van der Waals surface area contributed by atoms with E-state index >= 15 is 0 Å². The van der Waals surface area contributed by atoms with Gasteiger partial charge in [0.2, 0.25) is 5.91 Å². The molecule has 2 heterocycles. The van der Waals surface area contributed by atoms with Crippen molar-refractivity contribution in [3.8, 4) is 0 Å². The molecule has 1 fully saturated rings. The second-order valence-electron chi connectivity index (χ2n) is 3.14. The van der Waals surface area contributed by atoms with Crippen molar-refractivity contribution in [2.24, 2.45) is 0 Å². The van der Waals surface area contributed by atoms with E-state index in [1.54, 1.807) is 11.1 Å². The number of hydrogen-bond acceptors (Lipinski definition) is 2. The number of rotatable bonds is 1. The number of alkyl halides is 1. The zero-order chi connectivity index (χ0) is 10.1. The number of pyridine rings is 1. The number of hydrogen-bond donors (Lipinski definition) is 0. The van der Waals surface area contributed by atoms with E-state index in [1.807, 2.05) is 12.1 Å². The Morgan fingerprint density at radius 3 is 2.86 bits per heavy atom. The number of nitrogens with zero attached hydrogens (tertiary/aromatic N) is 2. The smallest absolute Gasteiger partial charge is 0.228 e. The lowest BCUT2D eigenvalue weighted by Crippen LogP contribution is -2.24. The van der Waals surface area contributed by atoms with Gasteiger partial charge in [-0.25, -0.2) is 4.98 Å². The molecule has 1 amide bonds. The summed E-state index contributed by atoms with van der Waals surface area (Å²) in [5.74, 6) is 0.162. The Bertz CT molecular complexity index is 354.